The third-order valence-corrected chi connectivity index (χ3v) is 4.55. The van der Waals surface area contributed by atoms with Crippen LogP contribution < -0.4 is 10.6 Å². The zero-order chi connectivity index (χ0) is 20.0. The van der Waals surface area contributed by atoms with Crippen LogP contribution >= 0.6 is 0 Å². The van der Waals surface area contributed by atoms with E-state index in [2.05, 4.69) is 10.6 Å². The smallest absolute Gasteiger partial charge is 0.255 e. The number of hydrogen-bond acceptors (Lipinski definition) is 4. The van der Waals surface area contributed by atoms with Gasteiger partial charge in [-0.15, -0.1) is 0 Å². The van der Waals surface area contributed by atoms with E-state index in [0.717, 1.165) is 6.26 Å². The minimum atomic E-state index is -3.17. The average Bonchev–Trinajstić information content (AvgIpc) is 2.59. The topological polar surface area (TPSA) is 92.3 Å². The number of benzene rings is 2. The molecular weight excluding hydrogens is 364 g/mol. The molecule has 0 aromatic heterocycles. The lowest BCUT2D eigenvalue weighted by Gasteiger charge is -2.09. The Morgan fingerprint density at radius 3 is 2.22 bits per heavy atom. The van der Waals surface area contributed by atoms with Crippen molar-refractivity contribution in [2.45, 2.75) is 19.6 Å². The van der Waals surface area contributed by atoms with E-state index in [4.69, 9.17) is 0 Å². The molecule has 0 atom stereocenters. The highest BCUT2D eigenvalue weighted by atomic mass is 32.2. The van der Waals surface area contributed by atoms with Gasteiger partial charge in [0.05, 0.1) is 5.75 Å². The molecule has 2 rings (SSSR count). The molecule has 0 bridgehead atoms. The summed E-state index contributed by atoms with van der Waals surface area (Å²) >= 11 is 0. The van der Waals surface area contributed by atoms with Gasteiger partial charge >= 0.3 is 0 Å². The fourth-order valence-corrected chi connectivity index (χ4v) is 3.20. The van der Waals surface area contributed by atoms with Gasteiger partial charge in [0.1, 0.15) is 0 Å². The monoisotopic (exact) mass is 388 g/mol. The van der Waals surface area contributed by atoms with Gasteiger partial charge in [-0.05, 0) is 47.9 Å². The van der Waals surface area contributed by atoms with Crippen molar-refractivity contribution in [3.05, 3.63) is 65.2 Å². The fraction of sp³-hybridized carbons (Fsp3) is 0.300. The minimum Gasteiger partial charge on any atom is -0.352 e. The Morgan fingerprint density at radius 1 is 0.963 bits per heavy atom. The molecule has 0 aliphatic carbocycles. The second-order valence-electron chi connectivity index (χ2n) is 6.91. The van der Waals surface area contributed by atoms with Crippen molar-refractivity contribution < 1.29 is 18.0 Å². The minimum absolute atomic E-state index is 0.117. The lowest BCUT2D eigenvalue weighted by Crippen LogP contribution is -2.27. The normalized spacial score (nSPS) is 11.3. The average molecular weight is 388 g/mol. The molecule has 0 spiro atoms. The molecule has 0 saturated heterocycles. The van der Waals surface area contributed by atoms with Gasteiger partial charge in [0.2, 0.25) is 0 Å². The number of amides is 2. The molecule has 2 amide bonds. The fourth-order valence-electron chi connectivity index (χ4n) is 2.41. The van der Waals surface area contributed by atoms with Crippen molar-refractivity contribution in [2.75, 3.05) is 18.1 Å². The Balaban J connectivity index is 2.04. The standard InChI is InChI=1S/C20H24N2O4S/c1-14(2)12-21-19(23)16-7-9-18(10-8-16)22-20(24)17-6-4-5-15(11-17)13-27(3,25)26/h4-11,14H,12-13H2,1-3H3,(H,21,23)(H,22,24). The number of sulfone groups is 1. The first kappa shape index (κ1) is 20.6. The molecule has 0 aliphatic heterocycles. The van der Waals surface area contributed by atoms with Crippen LogP contribution in [0, 0.1) is 5.92 Å². The van der Waals surface area contributed by atoms with E-state index < -0.39 is 9.84 Å². The van der Waals surface area contributed by atoms with Gasteiger partial charge in [0.25, 0.3) is 11.8 Å². The molecule has 6 nitrogen and oxygen atoms in total. The first-order valence-electron chi connectivity index (χ1n) is 8.60. The van der Waals surface area contributed by atoms with Gasteiger partial charge in [-0.2, -0.15) is 0 Å². The Bertz CT molecular complexity index is 919. The van der Waals surface area contributed by atoms with E-state index >= 15 is 0 Å². The van der Waals surface area contributed by atoms with E-state index in [1.807, 2.05) is 13.8 Å². The Labute approximate surface area is 159 Å². The number of carbonyl (C=O) groups is 2. The SMILES string of the molecule is CC(C)CNC(=O)c1ccc(NC(=O)c2cccc(CS(C)(=O)=O)c2)cc1. The molecule has 27 heavy (non-hydrogen) atoms. The predicted molar refractivity (Wildman–Crippen MR) is 107 cm³/mol. The van der Waals surface area contributed by atoms with Crippen molar-refractivity contribution in [3.8, 4) is 0 Å². The van der Waals surface area contributed by atoms with E-state index in [1.54, 1.807) is 48.5 Å². The summed E-state index contributed by atoms with van der Waals surface area (Å²) in [4.78, 5) is 24.4. The molecule has 0 unspecified atom stereocenters. The summed E-state index contributed by atoms with van der Waals surface area (Å²) in [6.45, 7) is 4.63. The molecule has 0 fully saturated rings. The molecule has 0 aliphatic rings. The summed E-state index contributed by atoms with van der Waals surface area (Å²) in [5, 5.41) is 5.58. The number of hydrogen-bond donors (Lipinski definition) is 2. The maximum Gasteiger partial charge on any atom is 0.255 e. The summed E-state index contributed by atoms with van der Waals surface area (Å²) in [5.41, 5.74) is 2.00. The van der Waals surface area contributed by atoms with E-state index in [1.165, 1.54) is 0 Å². The van der Waals surface area contributed by atoms with Crippen LogP contribution in [0.25, 0.3) is 0 Å². The van der Waals surface area contributed by atoms with Crippen LogP contribution in [-0.4, -0.2) is 33.0 Å². The largest absolute Gasteiger partial charge is 0.352 e. The quantitative estimate of drug-likeness (QED) is 0.763. The van der Waals surface area contributed by atoms with Crippen LogP contribution in [0.5, 0.6) is 0 Å². The highest BCUT2D eigenvalue weighted by Gasteiger charge is 2.11. The Morgan fingerprint density at radius 2 is 1.63 bits per heavy atom. The third kappa shape index (κ3) is 6.86. The van der Waals surface area contributed by atoms with Crippen molar-refractivity contribution in [1.29, 1.82) is 0 Å². The van der Waals surface area contributed by atoms with Crippen molar-refractivity contribution in [3.63, 3.8) is 0 Å². The van der Waals surface area contributed by atoms with Gasteiger partial charge in [-0.3, -0.25) is 9.59 Å². The molecule has 2 aromatic carbocycles. The summed E-state index contributed by atoms with van der Waals surface area (Å²) in [5.74, 6) is -0.253. The molecule has 2 aromatic rings. The second kappa shape index (κ2) is 8.81. The maximum atomic E-state index is 12.4. The van der Waals surface area contributed by atoms with Crippen LogP contribution in [0.2, 0.25) is 0 Å². The van der Waals surface area contributed by atoms with Crippen molar-refractivity contribution in [1.82, 2.24) is 5.32 Å². The predicted octanol–water partition coefficient (Wildman–Crippen LogP) is 2.87. The maximum absolute atomic E-state index is 12.4. The van der Waals surface area contributed by atoms with Crippen molar-refractivity contribution in [2.24, 2.45) is 5.92 Å². The van der Waals surface area contributed by atoms with Crippen LogP contribution in [0.1, 0.15) is 40.1 Å². The van der Waals surface area contributed by atoms with Crippen molar-refractivity contribution >= 4 is 27.3 Å². The summed E-state index contributed by atoms with van der Waals surface area (Å²) in [6, 6.07) is 13.1. The molecule has 0 heterocycles. The van der Waals surface area contributed by atoms with Crippen LogP contribution in [0.3, 0.4) is 0 Å². The highest BCUT2D eigenvalue weighted by molar-refractivity contribution is 7.89. The molecule has 2 N–H and O–H groups in total. The molecular formula is C20H24N2O4S. The third-order valence-electron chi connectivity index (χ3n) is 3.69. The Hall–Kier alpha value is -2.67. The molecule has 144 valence electrons. The zero-order valence-corrected chi connectivity index (χ0v) is 16.5. The number of anilines is 1. The van der Waals surface area contributed by atoms with Crippen LogP contribution in [0.4, 0.5) is 5.69 Å². The first-order valence-corrected chi connectivity index (χ1v) is 10.7. The lowest BCUT2D eigenvalue weighted by atomic mass is 10.1. The first-order chi connectivity index (χ1) is 12.6. The molecule has 7 heteroatoms. The molecule has 0 radical (unpaired) electrons. The summed E-state index contributed by atoms with van der Waals surface area (Å²) in [6.07, 6.45) is 1.15. The molecule has 0 saturated carbocycles. The Kier molecular flexibility index (Phi) is 6.74. The van der Waals surface area contributed by atoms with Gasteiger partial charge in [0, 0.05) is 29.6 Å². The van der Waals surface area contributed by atoms with E-state index in [9.17, 15) is 18.0 Å². The van der Waals surface area contributed by atoms with Gasteiger partial charge in [0.15, 0.2) is 9.84 Å². The van der Waals surface area contributed by atoms with E-state index in [-0.39, 0.29) is 17.6 Å². The number of rotatable bonds is 7. The van der Waals surface area contributed by atoms with Crippen LogP contribution in [-0.2, 0) is 15.6 Å². The van der Waals surface area contributed by atoms with E-state index in [0.29, 0.717) is 34.8 Å². The second-order valence-corrected chi connectivity index (χ2v) is 9.05. The van der Waals surface area contributed by atoms with Gasteiger partial charge in [-0.1, -0.05) is 26.0 Å². The number of carbonyl (C=O) groups excluding carboxylic acids is 2. The van der Waals surface area contributed by atoms with Gasteiger partial charge < -0.3 is 10.6 Å². The van der Waals surface area contributed by atoms with Crippen LogP contribution in [0.15, 0.2) is 48.5 Å². The summed E-state index contributed by atoms with van der Waals surface area (Å²) in [7, 11) is -3.17. The highest BCUT2D eigenvalue weighted by Crippen LogP contribution is 2.14. The van der Waals surface area contributed by atoms with Gasteiger partial charge in [-0.25, -0.2) is 8.42 Å². The lowest BCUT2D eigenvalue weighted by molar-refractivity contribution is 0.0948. The summed E-state index contributed by atoms with van der Waals surface area (Å²) < 4.78 is 22.8. The number of nitrogens with one attached hydrogen (secondary N) is 2. The zero-order valence-electron chi connectivity index (χ0n) is 15.7.